The molecule has 0 bridgehead atoms. The van der Waals surface area contributed by atoms with Crippen molar-refractivity contribution in [3.05, 3.63) is 33.8 Å². The third-order valence-corrected chi connectivity index (χ3v) is 4.89. The highest BCUT2D eigenvalue weighted by Crippen LogP contribution is 2.44. The van der Waals surface area contributed by atoms with E-state index >= 15 is 0 Å². The van der Waals surface area contributed by atoms with Gasteiger partial charge in [0, 0.05) is 23.6 Å². The minimum atomic E-state index is 0.00141. The minimum absolute atomic E-state index is 0.00141. The third kappa shape index (κ3) is 2.02. The number of nitrogens with zero attached hydrogens (tertiary/aromatic N) is 1. The van der Waals surface area contributed by atoms with Crippen LogP contribution in [-0.4, -0.2) is 24.0 Å². The predicted octanol–water partition coefficient (Wildman–Crippen LogP) is 3.68. The maximum atomic E-state index is 6.19. The van der Waals surface area contributed by atoms with E-state index in [9.17, 15) is 0 Å². The van der Waals surface area contributed by atoms with Crippen LogP contribution in [0.2, 0.25) is 0 Å². The van der Waals surface area contributed by atoms with Gasteiger partial charge < -0.3 is 9.64 Å². The van der Waals surface area contributed by atoms with Crippen molar-refractivity contribution in [2.75, 3.05) is 13.1 Å². The van der Waals surface area contributed by atoms with E-state index in [1.807, 2.05) is 0 Å². The van der Waals surface area contributed by atoms with Crippen LogP contribution in [0.25, 0.3) is 0 Å². The molecule has 0 amide bonds. The van der Waals surface area contributed by atoms with E-state index in [4.69, 9.17) is 4.74 Å². The fraction of sp³-hybridized carbons (Fsp3) is 0.600. The lowest BCUT2D eigenvalue weighted by Crippen LogP contribution is -2.45. The summed E-state index contributed by atoms with van der Waals surface area (Å²) in [5, 5.41) is 0. The van der Waals surface area contributed by atoms with Crippen molar-refractivity contribution < 1.29 is 4.74 Å². The molecule has 0 unspecified atom stereocenters. The van der Waals surface area contributed by atoms with Crippen LogP contribution in [0, 0.1) is 0 Å². The van der Waals surface area contributed by atoms with Crippen molar-refractivity contribution >= 4 is 15.9 Å². The average Bonchev–Trinajstić information content (AvgIpc) is 2.68. The molecule has 2 heterocycles. The first-order valence-electron chi connectivity index (χ1n) is 6.78. The molecule has 0 aromatic heterocycles. The number of hydrogen-bond donors (Lipinski definition) is 0. The summed E-state index contributed by atoms with van der Waals surface area (Å²) in [6.07, 6.45) is 2.25. The number of hydrogen-bond acceptors (Lipinski definition) is 2. The molecule has 1 fully saturated rings. The lowest BCUT2D eigenvalue weighted by Gasteiger charge is -2.41. The maximum Gasteiger partial charge on any atom is 0.0963 e. The van der Waals surface area contributed by atoms with E-state index in [-0.39, 0.29) is 5.60 Å². The molecule has 18 heavy (non-hydrogen) atoms. The highest BCUT2D eigenvalue weighted by Gasteiger charge is 2.42. The predicted molar refractivity (Wildman–Crippen MR) is 76.6 cm³/mol. The number of benzene rings is 1. The Kier molecular flexibility index (Phi) is 3.25. The van der Waals surface area contributed by atoms with Gasteiger partial charge in [-0.15, -0.1) is 0 Å². The van der Waals surface area contributed by atoms with Crippen LogP contribution < -0.4 is 0 Å². The number of halogens is 1. The molecule has 0 saturated carbocycles. The van der Waals surface area contributed by atoms with Crippen LogP contribution in [-0.2, 0) is 16.9 Å². The topological polar surface area (TPSA) is 12.5 Å². The quantitative estimate of drug-likeness (QED) is 0.784. The van der Waals surface area contributed by atoms with Crippen LogP contribution in [0.4, 0.5) is 0 Å². The van der Waals surface area contributed by atoms with Crippen molar-refractivity contribution in [3.8, 4) is 0 Å². The van der Waals surface area contributed by atoms with Gasteiger partial charge in [-0.25, -0.2) is 0 Å². The van der Waals surface area contributed by atoms with Gasteiger partial charge in [0.15, 0.2) is 0 Å². The monoisotopic (exact) mass is 309 g/mol. The number of likely N-dealkylation sites (tertiary alicyclic amines) is 1. The van der Waals surface area contributed by atoms with Crippen LogP contribution in [0.3, 0.4) is 0 Å². The molecule has 2 nitrogen and oxygen atoms in total. The molecule has 0 N–H and O–H groups in total. The Labute approximate surface area is 117 Å². The fourth-order valence-electron chi connectivity index (χ4n) is 3.24. The van der Waals surface area contributed by atoms with Gasteiger partial charge in [-0.3, -0.25) is 0 Å². The summed E-state index contributed by atoms with van der Waals surface area (Å²) >= 11 is 3.54. The molecule has 1 aromatic carbocycles. The summed E-state index contributed by atoms with van der Waals surface area (Å²) in [6, 6.07) is 7.24. The van der Waals surface area contributed by atoms with E-state index in [1.165, 1.54) is 11.1 Å². The zero-order valence-corrected chi connectivity index (χ0v) is 12.7. The van der Waals surface area contributed by atoms with Gasteiger partial charge in [0.25, 0.3) is 0 Å². The molecule has 0 radical (unpaired) electrons. The SMILES string of the molecule is CC(C)N1CCC2(CC1)OCc1cc(Br)ccc12. The third-order valence-electron chi connectivity index (χ3n) is 4.40. The molecule has 1 saturated heterocycles. The first-order chi connectivity index (χ1) is 8.61. The molecular formula is C15H20BrNO. The largest absolute Gasteiger partial charge is 0.365 e. The van der Waals surface area contributed by atoms with Crippen molar-refractivity contribution in [2.45, 2.75) is 44.9 Å². The standard InChI is InChI=1S/C15H20BrNO/c1-11(2)17-7-5-15(6-8-17)14-4-3-13(16)9-12(14)10-18-15/h3-4,9,11H,5-8,10H2,1-2H3. The Hall–Kier alpha value is -0.380. The number of piperidine rings is 1. The van der Waals surface area contributed by atoms with Crippen LogP contribution in [0.5, 0.6) is 0 Å². The van der Waals surface area contributed by atoms with Gasteiger partial charge in [-0.2, -0.15) is 0 Å². The van der Waals surface area contributed by atoms with Gasteiger partial charge in [0.1, 0.15) is 0 Å². The molecule has 2 aliphatic rings. The summed E-state index contributed by atoms with van der Waals surface area (Å²) < 4.78 is 7.34. The molecular weight excluding hydrogens is 290 g/mol. The highest BCUT2D eigenvalue weighted by molar-refractivity contribution is 9.10. The van der Waals surface area contributed by atoms with E-state index in [2.05, 4.69) is 52.9 Å². The average molecular weight is 310 g/mol. The zero-order valence-electron chi connectivity index (χ0n) is 11.1. The summed E-state index contributed by atoms with van der Waals surface area (Å²) in [7, 11) is 0. The van der Waals surface area contributed by atoms with Gasteiger partial charge in [-0.1, -0.05) is 22.0 Å². The summed E-state index contributed by atoms with van der Waals surface area (Å²) in [5.41, 5.74) is 2.79. The number of fused-ring (bicyclic) bond motifs is 2. The van der Waals surface area contributed by atoms with Gasteiger partial charge in [0.2, 0.25) is 0 Å². The smallest absolute Gasteiger partial charge is 0.0963 e. The second-order valence-electron chi connectivity index (χ2n) is 5.71. The zero-order chi connectivity index (χ0) is 12.8. The summed E-state index contributed by atoms with van der Waals surface area (Å²) in [4.78, 5) is 2.55. The van der Waals surface area contributed by atoms with Crippen LogP contribution >= 0.6 is 15.9 Å². The van der Waals surface area contributed by atoms with E-state index in [0.29, 0.717) is 6.04 Å². The fourth-order valence-corrected chi connectivity index (χ4v) is 3.64. The molecule has 0 aliphatic carbocycles. The van der Waals surface area contributed by atoms with E-state index < -0.39 is 0 Å². The molecule has 98 valence electrons. The van der Waals surface area contributed by atoms with Gasteiger partial charge in [-0.05, 0) is 49.9 Å². The first kappa shape index (κ1) is 12.6. The van der Waals surface area contributed by atoms with Crippen molar-refractivity contribution in [2.24, 2.45) is 0 Å². The second kappa shape index (κ2) is 4.62. The van der Waals surface area contributed by atoms with E-state index in [0.717, 1.165) is 37.0 Å². The highest BCUT2D eigenvalue weighted by atomic mass is 79.9. The lowest BCUT2D eigenvalue weighted by atomic mass is 9.83. The van der Waals surface area contributed by atoms with Crippen molar-refractivity contribution in [1.29, 1.82) is 0 Å². The molecule has 2 aliphatic heterocycles. The second-order valence-corrected chi connectivity index (χ2v) is 6.63. The summed E-state index contributed by atoms with van der Waals surface area (Å²) in [6.45, 7) is 7.62. The van der Waals surface area contributed by atoms with Crippen molar-refractivity contribution in [1.82, 2.24) is 4.90 Å². The molecule has 1 aromatic rings. The normalized spacial score (nSPS) is 22.7. The molecule has 0 atom stereocenters. The van der Waals surface area contributed by atoms with Crippen LogP contribution in [0.1, 0.15) is 37.8 Å². The number of rotatable bonds is 1. The Balaban J connectivity index is 1.84. The minimum Gasteiger partial charge on any atom is -0.365 e. The Morgan fingerprint density at radius 3 is 2.67 bits per heavy atom. The van der Waals surface area contributed by atoms with Gasteiger partial charge >= 0.3 is 0 Å². The van der Waals surface area contributed by atoms with Crippen LogP contribution in [0.15, 0.2) is 22.7 Å². The Bertz CT molecular complexity index is 450. The van der Waals surface area contributed by atoms with Crippen molar-refractivity contribution in [3.63, 3.8) is 0 Å². The van der Waals surface area contributed by atoms with Gasteiger partial charge in [0.05, 0.1) is 12.2 Å². The molecule has 3 rings (SSSR count). The Morgan fingerprint density at radius 1 is 1.28 bits per heavy atom. The maximum absolute atomic E-state index is 6.19. The number of ether oxygens (including phenoxy) is 1. The molecule has 3 heteroatoms. The van der Waals surface area contributed by atoms with E-state index in [1.54, 1.807) is 0 Å². The Morgan fingerprint density at radius 2 is 2.00 bits per heavy atom. The first-order valence-corrected chi connectivity index (χ1v) is 7.57. The summed E-state index contributed by atoms with van der Waals surface area (Å²) in [5.74, 6) is 0. The lowest BCUT2D eigenvalue weighted by molar-refractivity contribution is -0.0825. The molecule has 1 spiro atoms.